The van der Waals surface area contributed by atoms with E-state index in [2.05, 4.69) is 12.6 Å². The Hall–Kier alpha value is -0.220. The van der Waals surface area contributed by atoms with Gasteiger partial charge in [-0.3, -0.25) is 4.79 Å². The summed E-state index contributed by atoms with van der Waals surface area (Å²) in [5.41, 5.74) is 0.238. The van der Waals surface area contributed by atoms with Crippen LogP contribution in [-0.4, -0.2) is 42.4 Å². The van der Waals surface area contributed by atoms with Gasteiger partial charge >= 0.3 is 0 Å². The number of nitrogens with zero attached hydrogens (tertiary/aromatic N) is 1. The summed E-state index contributed by atoms with van der Waals surface area (Å²) in [7, 11) is 0. The summed E-state index contributed by atoms with van der Waals surface area (Å²) in [4.78, 5) is 13.9. The van der Waals surface area contributed by atoms with Crippen molar-refractivity contribution in [2.75, 3.05) is 25.4 Å². The number of hydrogen-bond donors (Lipinski definition) is 1. The van der Waals surface area contributed by atoms with Crippen molar-refractivity contribution >= 4 is 18.5 Å². The molecule has 0 aromatic heterocycles. The van der Waals surface area contributed by atoms with E-state index in [1.807, 2.05) is 11.8 Å². The lowest BCUT2D eigenvalue weighted by atomic mass is 10.0. The van der Waals surface area contributed by atoms with Gasteiger partial charge in [-0.15, -0.1) is 0 Å². The smallest absolute Gasteiger partial charge is 0.223 e. The van der Waals surface area contributed by atoms with E-state index in [4.69, 9.17) is 4.74 Å². The maximum absolute atomic E-state index is 12.0. The van der Waals surface area contributed by atoms with E-state index in [0.29, 0.717) is 13.0 Å². The molecule has 1 saturated heterocycles. The fourth-order valence-electron chi connectivity index (χ4n) is 2.05. The summed E-state index contributed by atoms with van der Waals surface area (Å²) in [6.07, 6.45) is 3.21. The van der Waals surface area contributed by atoms with Crippen molar-refractivity contribution in [1.29, 1.82) is 0 Å². The van der Waals surface area contributed by atoms with Gasteiger partial charge in [-0.2, -0.15) is 12.6 Å². The summed E-state index contributed by atoms with van der Waals surface area (Å²) < 4.78 is 5.42. The van der Waals surface area contributed by atoms with Crippen LogP contribution in [0.4, 0.5) is 0 Å². The summed E-state index contributed by atoms with van der Waals surface area (Å²) in [6, 6.07) is 0. The molecule has 0 aromatic rings. The molecule has 4 heteroatoms. The van der Waals surface area contributed by atoms with Crippen LogP contribution in [0.25, 0.3) is 0 Å². The molecular weight excluding hydrogens is 210 g/mol. The molecule has 1 aliphatic heterocycles. The molecule has 1 aliphatic carbocycles. The topological polar surface area (TPSA) is 29.5 Å². The van der Waals surface area contributed by atoms with Gasteiger partial charge in [0.25, 0.3) is 0 Å². The second kappa shape index (κ2) is 4.34. The minimum atomic E-state index is 0.189. The van der Waals surface area contributed by atoms with Crippen molar-refractivity contribution < 1.29 is 9.53 Å². The third kappa shape index (κ3) is 2.67. The van der Waals surface area contributed by atoms with E-state index in [-0.39, 0.29) is 17.4 Å². The number of carbonyl (C=O) groups excluding carboxylic acids is 1. The third-order valence-corrected chi connectivity index (χ3v) is 4.08. The maximum atomic E-state index is 12.0. The van der Waals surface area contributed by atoms with Crippen LogP contribution in [0.3, 0.4) is 0 Å². The molecule has 86 valence electrons. The van der Waals surface area contributed by atoms with Gasteiger partial charge in [0, 0.05) is 19.5 Å². The van der Waals surface area contributed by atoms with Crippen LogP contribution in [-0.2, 0) is 9.53 Å². The molecule has 1 heterocycles. The monoisotopic (exact) mass is 229 g/mol. The van der Waals surface area contributed by atoms with Gasteiger partial charge in [-0.05, 0) is 30.9 Å². The lowest BCUT2D eigenvalue weighted by Crippen LogP contribution is -2.45. The standard InChI is InChI=1S/C11H19NO2S/c1-9-7-12(4-5-14-9)10(13)6-11(8-15)2-3-11/h9,15H,2-8H2,1H3. The molecule has 0 spiro atoms. The highest BCUT2D eigenvalue weighted by molar-refractivity contribution is 7.80. The van der Waals surface area contributed by atoms with E-state index in [0.717, 1.165) is 18.8 Å². The molecular formula is C11H19NO2S. The number of thiol groups is 1. The Morgan fingerprint density at radius 1 is 1.60 bits per heavy atom. The van der Waals surface area contributed by atoms with Gasteiger partial charge in [0.05, 0.1) is 12.7 Å². The van der Waals surface area contributed by atoms with Crippen LogP contribution >= 0.6 is 12.6 Å². The van der Waals surface area contributed by atoms with E-state index in [1.165, 1.54) is 12.8 Å². The predicted octanol–water partition coefficient (Wildman–Crippen LogP) is 1.33. The number of carbonyl (C=O) groups is 1. The van der Waals surface area contributed by atoms with Crippen LogP contribution < -0.4 is 0 Å². The van der Waals surface area contributed by atoms with Crippen LogP contribution in [0, 0.1) is 5.41 Å². The Bertz CT molecular complexity index is 253. The number of morpholine rings is 1. The van der Waals surface area contributed by atoms with Gasteiger partial charge in [-0.25, -0.2) is 0 Å². The lowest BCUT2D eigenvalue weighted by Gasteiger charge is -2.32. The van der Waals surface area contributed by atoms with Crippen molar-refractivity contribution in [2.24, 2.45) is 5.41 Å². The van der Waals surface area contributed by atoms with Crippen molar-refractivity contribution in [2.45, 2.75) is 32.3 Å². The van der Waals surface area contributed by atoms with Gasteiger partial charge in [0.2, 0.25) is 5.91 Å². The Kier molecular flexibility index (Phi) is 3.26. The lowest BCUT2D eigenvalue weighted by molar-refractivity contribution is -0.139. The van der Waals surface area contributed by atoms with Gasteiger partial charge in [0.15, 0.2) is 0 Å². The molecule has 0 radical (unpaired) electrons. The van der Waals surface area contributed by atoms with Crippen LogP contribution in [0.15, 0.2) is 0 Å². The van der Waals surface area contributed by atoms with Crippen molar-refractivity contribution in [1.82, 2.24) is 4.90 Å². The summed E-state index contributed by atoms with van der Waals surface area (Å²) in [5, 5.41) is 0. The first kappa shape index (κ1) is 11.3. The molecule has 0 aromatic carbocycles. The zero-order valence-electron chi connectivity index (χ0n) is 9.24. The minimum Gasteiger partial charge on any atom is -0.375 e. The normalized spacial score (nSPS) is 28.9. The van der Waals surface area contributed by atoms with E-state index >= 15 is 0 Å². The molecule has 2 aliphatic rings. The van der Waals surface area contributed by atoms with Crippen molar-refractivity contribution in [3.8, 4) is 0 Å². The fourth-order valence-corrected chi connectivity index (χ4v) is 2.47. The summed E-state index contributed by atoms with van der Waals surface area (Å²) in [5.74, 6) is 1.13. The molecule has 1 saturated carbocycles. The first-order valence-electron chi connectivity index (χ1n) is 5.65. The Morgan fingerprint density at radius 2 is 2.33 bits per heavy atom. The predicted molar refractivity (Wildman–Crippen MR) is 62.1 cm³/mol. The zero-order valence-corrected chi connectivity index (χ0v) is 10.1. The van der Waals surface area contributed by atoms with Gasteiger partial charge in [-0.1, -0.05) is 0 Å². The molecule has 2 fully saturated rings. The quantitative estimate of drug-likeness (QED) is 0.740. The Balaban J connectivity index is 1.85. The Morgan fingerprint density at radius 3 is 2.87 bits per heavy atom. The van der Waals surface area contributed by atoms with Crippen molar-refractivity contribution in [3.63, 3.8) is 0 Å². The number of hydrogen-bond acceptors (Lipinski definition) is 3. The van der Waals surface area contributed by atoms with E-state index in [9.17, 15) is 4.79 Å². The Labute approximate surface area is 96.6 Å². The molecule has 0 bridgehead atoms. The largest absolute Gasteiger partial charge is 0.375 e. The highest BCUT2D eigenvalue weighted by Gasteiger charge is 2.43. The number of rotatable bonds is 3. The molecule has 1 atom stereocenters. The number of ether oxygens (including phenoxy) is 1. The average molecular weight is 229 g/mol. The second-order valence-electron chi connectivity index (χ2n) is 4.86. The number of amides is 1. The molecule has 1 amide bonds. The van der Waals surface area contributed by atoms with Gasteiger partial charge in [0.1, 0.15) is 0 Å². The molecule has 3 nitrogen and oxygen atoms in total. The zero-order chi connectivity index (χ0) is 10.9. The van der Waals surface area contributed by atoms with Crippen LogP contribution in [0.1, 0.15) is 26.2 Å². The van der Waals surface area contributed by atoms with E-state index < -0.39 is 0 Å². The highest BCUT2D eigenvalue weighted by atomic mass is 32.1. The fraction of sp³-hybridized carbons (Fsp3) is 0.909. The molecule has 2 rings (SSSR count). The van der Waals surface area contributed by atoms with Crippen molar-refractivity contribution in [3.05, 3.63) is 0 Å². The summed E-state index contributed by atoms with van der Waals surface area (Å²) >= 11 is 4.32. The minimum absolute atomic E-state index is 0.189. The average Bonchev–Trinajstić information content (AvgIpc) is 2.98. The van der Waals surface area contributed by atoms with E-state index in [1.54, 1.807) is 0 Å². The van der Waals surface area contributed by atoms with Gasteiger partial charge < -0.3 is 9.64 Å². The van der Waals surface area contributed by atoms with Crippen LogP contribution in [0.5, 0.6) is 0 Å². The second-order valence-corrected chi connectivity index (χ2v) is 5.17. The summed E-state index contributed by atoms with van der Waals surface area (Å²) in [6.45, 7) is 4.21. The molecule has 1 unspecified atom stereocenters. The SMILES string of the molecule is CC1CN(C(=O)CC2(CS)CC2)CCO1. The van der Waals surface area contributed by atoms with Crippen LogP contribution in [0.2, 0.25) is 0 Å². The molecule has 0 N–H and O–H groups in total. The highest BCUT2D eigenvalue weighted by Crippen LogP contribution is 2.49. The first-order valence-corrected chi connectivity index (χ1v) is 6.29. The molecule has 15 heavy (non-hydrogen) atoms. The first-order chi connectivity index (χ1) is 7.15. The third-order valence-electron chi connectivity index (χ3n) is 3.41. The maximum Gasteiger partial charge on any atom is 0.223 e.